The summed E-state index contributed by atoms with van der Waals surface area (Å²) in [4.78, 5) is 12.0. The molecule has 0 saturated carbocycles. The summed E-state index contributed by atoms with van der Waals surface area (Å²) < 4.78 is 25.8. The van der Waals surface area contributed by atoms with Crippen molar-refractivity contribution < 1.29 is 8.78 Å². The highest BCUT2D eigenvalue weighted by Gasteiger charge is 2.07. The zero-order chi connectivity index (χ0) is 13.1. The number of hydrogen-bond acceptors (Lipinski definition) is 5. The van der Waals surface area contributed by atoms with Crippen molar-refractivity contribution in [3.05, 3.63) is 41.2 Å². The van der Waals surface area contributed by atoms with Crippen molar-refractivity contribution in [3.8, 4) is 0 Å². The molecule has 0 aliphatic rings. The third-order valence-electron chi connectivity index (χ3n) is 2.21. The molecule has 2 aromatic rings. The molecule has 0 saturated heterocycles. The molecule has 18 heavy (non-hydrogen) atoms. The minimum Gasteiger partial charge on any atom is -0.368 e. The summed E-state index contributed by atoms with van der Waals surface area (Å²) in [6.45, 7) is 0. The van der Waals surface area contributed by atoms with Gasteiger partial charge < -0.3 is 5.73 Å². The van der Waals surface area contributed by atoms with Crippen LogP contribution in [-0.4, -0.2) is 21.2 Å². The van der Waals surface area contributed by atoms with Gasteiger partial charge in [-0.15, -0.1) is 0 Å². The van der Waals surface area contributed by atoms with Gasteiger partial charge in [0.05, 0.1) is 0 Å². The SMILES string of the molecule is CSc1nc(N)nc(Cc2ccc(F)c(F)c2)n1. The van der Waals surface area contributed by atoms with E-state index in [0.29, 0.717) is 16.5 Å². The van der Waals surface area contributed by atoms with E-state index in [1.54, 1.807) is 0 Å². The summed E-state index contributed by atoms with van der Waals surface area (Å²) >= 11 is 1.34. The molecule has 0 spiro atoms. The lowest BCUT2D eigenvalue weighted by Gasteiger charge is -2.04. The molecule has 2 N–H and O–H groups in total. The fraction of sp³-hybridized carbons (Fsp3) is 0.182. The summed E-state index contributed by atoms with van der Waals surface area (Å²) in [5.41, 5.74) is 6.11. The number of halogens is 2. The van der Waals surface area contributed by atoms with Gasteiger partial charge in [-0.1, -0.05) is 17.8 Å². The first kappa shape index (κ1) is 12.7. The second-order valence-corrected chi connectivity index (χ2v) is 4.30. The number of hydrogen-bond donors (Lipinski definition) is 1. The van der Waals surface area contributed by atoms with E-state index in [2.05, 4.69) is 15.0 Å². The highest BCUT2D eigenvalue weighted by atomic mass is 32.2. The van der Waals surface area contributed by atoms with Gasteiger partial charge in [-0.25, -0.2) is 13.8 Å². The Labute approximate surface area is 107 Å². The van der Waals surface area contributed by atoms with Crippen LogP contribution in [-0.2, 0) is 6.42 Å². The molecule has 0 unspecified atom stereocenters. The smallest absolute Gasteiger partial charge is 0.224 e. The van der Waals surface area contributed by atoms with Crippen LogP contribution in [0, 0.1) is 11.6 Å². The van der Waals surface area contributed by atoms with Crippen molar-refractivity contribution in [3.63, 3.8) is 0 Å². The van der Waals surface area contributed by atoms with Crippen LogP contribution in [0.5, 0.6) is 0 Å². The van der Waals surface area contributed by atoms with Crippen LogP contribution in [0.25, 0.3) is 0 Å². The Balaban J connectivity index is 2.27. The first-order chi connectivity index (χ1) is 8.58. The minimum atomic E-state index is -0.889. The van der Waals surface area contributed by atoms with Gasteiger partial charge in [0.15, 0.2) is 16.8 Å². The maximum absolute atomic E-state index is 13.0. The van der Waals surface area contributed by atoms with Crippen molar-refractivity contribution in [2.24, 2.45) is 0 Å². The molecule has 0 bridgehead atoms. The number of nitrogens with two attached hydrogens (primary N) is 1. The molecule has 0 amide bonds. The Hall–Kier alpha value is -1.76. The van der Waals surface area contributed by atoms with Gasteiger partial charge in [-0.05, 0) is 24.0 Å². The molecule has 7 heteroatoms. The lowest BCUT2D eigenvalue weighted by Crippen LogP contribution is -2.05. The largest absolute Gasteiger partial charge is 0.368 e. The predicted molar refractivity (Wildman–Crippen MR) is 65.2 cm³/mol. The van der Waals surface area contributed by atoms with Crippen molar-refractivity contribution in [1.29, 1.82) is 0 Å². The van der Waals surface area contributed by atoms with E-state index in [1.807, 2.05) is 6.26 Å². The zero-order valence-corrected chi connectivity index (χ0v) is 10.3. The summed E-state index contributed by atoms with van der Waals surface area (Å²) in [6.07, 6.45) is 2.09. The van der Waals surface area contributed by atoms with Crippen LogP contribution in [0.1, 0.15) is 11.4 Å². The zero-order valence-electron chi connectivity index (χ0n) is 9.52. The number of rotatable bonds is 3. The van der Waals surface area contributed by atoms with Crippen molar-refractivity contribution >= 4 is 17.7 Å². The number of nitrogens with zero attached hydrogens (tertiary/aromatic N) is 3. The molecule has 0 aliphatic carbocycles. The first-order valence-corrected chi connectivity index (χ1v) is 6.29. The molecule has 1 aromatic heterocycles. The summed E-state index contributed by atoms with van der Waals surface area (Å²) in [5.74, 6) is -1.22. The van der Waals surface area contributed by atoms with Crippen molar-refractivity contribution in [2.45, 2.75) is 11.6 Å². The highest BCUT2D eigenvalue weighted by Crippen LogP contribution is 2.14. The van der Waals surface area contributed by atoms with Crippen molar-refractivity contribution in [1.82, 2.24) is 15.0 Å². The van der Waals surface area contributed by atoms with E-state index in [-0.39, 0.29) is 12.4 Å². The van der Waals surface area contributed by atoms with Crippen LogP contribution in [0.4, 0.5) is 14.7 Å². The number of thioether (sulfide) groups is 1. The lowest BCUT2D eigenvalue weighted by molar-refractivity contribution is 0.507. The van der Waals surface area contributed by atoms with Gasteiger partial charge in [0.1, 0.15) is 5.82 Å². The van der Waals surface area contributed by atoms with E-state index < -0.39 is 11.6 Å². The summed E-state index contributed by atoms with van der Waals surface area (Å²) in [5, 5.41) is 0.500. The van der Waals surface area contributed by atoms with Gasteiger partial charge in [0.2, 0.25) is 5.95 Å². The molecule has 0 fully saturated rings. The van der Waals surface area contributed by atoms with Crippen LogP contribution in [0.3, 0.4) is 0 Å². The predicted octanol–water partition coefficient (Wildman–Crippen LogP) is 2.04. The van der Waals surface area contributed by atoms with E-state index in [1.165, 1.54) is 17.8 Å². The molecule has 94 valence electrons. The van der Waals surface area contributed by atoms with E-state index in [9.17, 15) is 8.78 Å². The Morgan fingerprint density at radius 2 is 1.94 bits per heavy atom. The van der Waals surface area contributed by atoms with Crippen molar-refractivity contribution in [2.75, 3.05) is 12.0 Å². The lowest BCUT2D eigenvalue weighted by atomic mass is 10.1. The number of aromatic nitrogens is 3. The molecule has 0 atom stereocenters. The van der Waals surface area contributed by atoms with E-state index in [0.717, 1.165) is 12.1 Å². The standard InChI is InChI=1S/C11H10F2N4S/c1-18-11-16-9(15-10(14)17-11)5-6-2-3-7(12)8(13)4-6/h2-4H,5H2,1H3,(H2,14,15,16,17). The van der Waals surface area contributed by atoms with Crippen LogP contribution < -0.4 is 5.73 Å². The topological polar surface area (TPSA) is 64.7 Å². The molecular weight excluding hydrogens is 258 g/mol. The van der Waals surface area contributed by atoms with E-state index >= 15 is 0 Å². The number of nitrogen functional groups attached to an aromatic ring is 1. The van der Waals surface area contributed by atoms with Crippen LogP contribution in [0.2, 0.25) is 0 Å². The Morgan fingerprint density at radius 3 is 2.61 bits per heavy atom. The van der Waals surface area contributed by atoms with E-state index in [4.69, 9.17) is 5.73 Å². The Bertz CT molecular complexity index is 577. The highest BCUT2D eigenvalue weighted by molar-refractivity contribution is 7.98. The third-order valence-corrected chi connectivity index (χ3v) is 2.76. The Morgan fingerprint density at radius 1 is 1.17 bits per heavy atom. The second-order valence-electron chi connectivity index (χ2n) is 3.52. The van der Waals surface area contributed by atoms with Gasteiger partial charge >= 0.3 is 0 Å². The molecule has 2 rings (SSSR count). The molecule has 1 heterocycles. The maximum Gasteiger partial charge on any atom is 0.224 e. The summed E-state index contributed by atoms with van der Waals surface area (Å²) in [7, 11) is 0. The molecule has 0 radical (unpaired) electrons. The quantitative estimate of drug-likeness (QED) is 0.863. The molecule has 0 aliphatic heterocycles. The fourth-order valence-corrected chi connectivity index (χ4v) is 1.80. The van der Waals surface area contributed by atoms with Crippen LogP contribution in [0.15, 0.2) is 23.4 Å². The fourth-order valence-electron chi connectivity index (χ4n) is 1.42. The van der Waals surface area contributed by atoms with Gasteiger partial charge in [-0.2, -0.15) is 9.97 Å². The Kier molecular flexibility index (Phi) is 3.71. The first-order valence-electron chi connectivity index (χ1n) is 5.07. The van der Waals surface area contributed by atoms with Gasteiger partial charge in [0, 0.05) is 6.42 Å². The number of benzene rings is 1. The average molecular weight is 268 g/mol. The average Bonchev–Trinajstić information content (AvgIpc) is 2.33. The number of anilines is 1. The maximum atomic E-state index is 13.0. The minimum absolute atomic E-state index is 0.118. The second kappa shape index (κ2) is 5.26. The van der Waals surface area contributed by atoms with Crippen LogP contribution >= 0.6 is 11.8 Å². The monoisotopic (exact) mass is 268 g/mol. The summed E-state index contributed by atoms with van der Waals surface area (Å²) in [6, 6.07) is 3.68. The third kappa shape index (κ3) is 2.92. The van der Waals surface area contributed by atoms with Gasteiger partial charge in [-0.3, -0.25) is 0 Å². The van der Waals surface area contributed by atoms with Gasteiger partial charge in [0.25, 0.3) is 0 Å². The normalized spacial score (nSPS) is 10.6. The molecular formula is C11H10F2N4S. The molecule has 1 aromatic carbocycles. The molecule has 4 nitrogen and oxygen atoms in total.